The van der Waals surface area contributed by atoms with E-state index in [1.807, 2.05) is 0 Å². The zero-order valence-corrected chi connectivity index (χ0v) is 12.8. The molecule has 0 fully saturated rings. The summed E-state index contributed by atoms with van der Waals surface area (Å²) in [4.78, 5) is 6.92. The summed E-state index contributed by atoms with van der Waals surface area (Å²) >= 11 is 1.42. The molecule has 0 aromatic heterocycles. The summed E-state index contributed by atoms with van der Waals surface area (Å²) in [6.07, 6.45) is -7.48. The Morgan fingerprint density at radius 3 is 1.32 bits per heavy atom. The van der Waals surface area contributed by atoms with Gasteiger partial charge in [0.2, 0.25) is 0 Å². The van der Waals surface area contributed by atoms with Crippen molar-refractivity contribution in [1.82, 2.24) is 0 Å². The Labute approximate surface area is 137 Å². The van der Waals surface area contributed by atoms with Crippen LogP contribution in [0.15, 0.2) is 0 Å². The van der Waals surface area contributed by atoms with Gasteiger partial charge in [0, 0.05) is 0 Å². The third kappa shape index (κ3) is 3.25. The Hall–Kier alpha value is -0.960. The largest absolute Gasteiger partial charge is 0.468 e. The minimum absolute atomic E-state index is 0.273. The Bertz CT molecular complexity index is 512. The average Bonchev–Trinajstić information content (AvgIpc) is 2.43. The van der Waals surface area contributed by atoms with Crippen LogP contribution >= 0.6 is 15.9 Å². The SMILES string of the molecule is COC(=O)C(Br)C(F)(F)C(F)(F)C(F)(F)C(F)(F)C(F)(F)C(F)(F)F. The van der Waals surface area contributed by atoms with Crippen molar-refractivity contribution in [3.05, 3.63) is 0 Å². The first-order chi connectivity index (χ1) is 10.6. The quantitative estimate of drug-likeness (QED) is 0.320. The lowest BCUT2D eigenvalue weighted by molar-refractivity contribution is -0.439. The predicted octanol–water partition coefficient (Wildman–Crippen LogP) is 4.66. The van der Waals surface area contributed by atoms with Crippen molar-refractivity contribution in [2.75, 3.05) is 7.11 Å². The lowest BCUT2D eigenvalue weighted by atomic mass is 9.92. The number of rotatable bonds is 6. The van der Waals surface area contributed by atoms with E-state index in [0.29, 0.717) is 0 Å². The molecule has 0 saturated carbocycles. The van der Waals surface area contributed by atoms with Crippen molar-refractivity contribution in [3.63, 3.8) is 0 Å². The number of hydrogen-bond acceptors (Lipinski definition) is 2. The standard InChI is InChI=1S/C9H4BrF13O2/c1-25-3(24)2(10)4(11,12)5(13,14)6(15,16)7(17,18)8(19,20)9(21,22)23/h2H,1H3. The Morgan fingerprint density at radius 2 is 1.04 bits per heavy atom. The lowest BCUT2D eigenvalue weighted by Gasteiger charge is -2.40. The summed E-state index contributed by atoms with van der Waals surface area (Å²) in [5.74, 6) is -40.3. The maximum Gasteiger partial charge on any atom is 0.460 e. The smallest absolute Gasteiger partial charge is 0.460 e. The minimum Gasteiger partial charge on any atom is -0.468 e. The van der Waals surface area contributed by atoms with E-state index in [0.717, 1.165) is 0 Å². The van der Waals surface area contributed by atoms with Crippen LogP contribution in [0.25, 0.3) is 0 Å². The number of carbonyl (C=O) groups is 1. The summed E-state index contributed by atoms with van der Waals surface area (Å²) < 4.78 is 169. The van der Waals surface area contributed by atoms with Crippen molar-refractivity contribution in [1.29, 1.82) is 0 Å². The monoisotopic (exact) mass is 470 g/mol. The van der Waals surface area contributed by atoms with Gasteiger partial charge < -0.3 is 4.74 Å². The molecule has 25 heavy (non-hydrogen) atoms. The highest BCUT2D eigenvalue weighted by molar-refractivity contribution is 9.10. The molecule has 1 unspecified atom stereocenters. The molecule has 0 bridgehead atoms. The van der Waals surface area contributed by atoms with Gasteiger partial charge in [0.15, 0.2) is 4.83 Å². The fourth-order valence-corrected chi connectivity index (χ4v) is 1.67. The topological polar surface area (TPSA) is 26.3 Å². The molecule has 150 valence electrons. The van der Waals surface area contributed by atoms with E-state index < -0.39 is 46.6 Å². The first kappa shape index (κ1) is 24.0. The molecule has 0 spiro atoms. The maximum atomic E-state index is 13.3. The van der Waals surface area contributed by atoms with Crippen LogP contribution in [0.4, 0.5) is 57.1 Å². The van der Waals surface area contributed by atoms with Gasteiger partial charge >= 0.3 is 41.8 Å². The van der Waals surface area contributed by atoms with Crippen molar-refractivity contribution in [2.45, 2.75) is 40.6 Å². The molecule has 0 aromatic rings. The van der Waals surface area contributed by atoms with E-state index in [4.69, 9.17) is 0 Å². The van der Waals surface area contributed by atoms with Gasteiger partial charge in [0.05, 0.1) is 7.11 Å². The van der Waals surface area contributed by atoms with E-state index >= 15 is 0 Å². The summed E-state index contributed by atoms with van der Waals surface area (Å²) in [5, 5.41) is 0. The molecule has 0 amide bonds. The molecule has 0 aliphatic rings. The van der Waals surface area contributed by atoms with Crippen LogP contribution in [0.1, 0.15) is 0 Å². The fourth-order valence-electron chi connectivity index (χ4n) is 1.19. The second kappa shape index (κ2) is 6.33. The van der Waals surface area contributed by atoms with Gasteiger partial charge in [0.1, 0.15) is 0 Å². The van der Waals surface area contributed by atoms with E-state index in [-0.39, 0.29) is 7.11 Å². The van der Waals surface area contributed by atoms with Gasteiger partial charge in [-0.25, -0.2) is 0 Å². The van der Waals surface area contributed by atoms with Crippen LogP contribution in [-0.2, 0) is 9.53 Å². The molecule has 1 atom stereocenters. The second-order valence-corrected chi connectivity index (χ2v) is 5.22. The molecule has 0 aliphatic heterocycles. The number of esters is 1. The molecule has 0 heterocycles. The van der Waals surface area contributed by atoms with Crippen LogP contribution in [0.5, 0.6) is 0 Å². The normalized spacial score (nSPS) is 16.6. The highest BCUT2D eigenvalue weighted by Crippen LogP contribution is 2.61. The third-order valence-electron chi connectivity index (χ3n) is 2.68. The first-order valence-electron chi connectivity index (χ1n) is 5.32. The van der Waals surface area contributed by atoms with Crippen molar-refractivity contribution < 1.29 is 66.6 Å². The zero-order valence-electron chi connectivity index (χ0n) is 11.2. The van der Waals surface area contributed by atoms with Crippen LogP contribution in [-0.4, -0.2) is 53.7 Å². The molecular weight excluding hydrogens is 467 g/mol. The van der Waals surface area contributed by atoms with Crippen LogP contribution in [0.3, 0.4) is 0 Å². The summed E-state index contributed by atoms with van der Waals surface area (Å²) in [6, 6.07) is 0. The molecule has 0 aliphatic carbocycles. The van der Waals surface area contributed by atoms with Gasteiger partial charge in [-0.1, -0.05) is 15.9 Å². The number of alkyl halides is 14. The average molecular weight is 471 g/mol. The molecule has 16 heteroatoms. The highest BCUT2D eigenvalue weighted by atomic mass is 79.9. The van der Waals surface area contributed by atoms with Gasteiger partial charge in [-0.2, -0.15) is 57.1 Å². The minimum atomic E-state index is -8.01. The summed E-state index contributed by atoms with van der Waals surface area (Å²) in [6.45, 7) is 0. The Kier molecular flexibility index (Phi) is 6.09. The number of halogens is 14. The summed E-state index contributed by atoms with van der Waals surface area (Å²) in [7, 11) is 0.273. The Morgan fingerprint density at radius 1 is 0.720 bits per heavy atom. The maximum absolute atomic E-state index is 13.3. The molecule has 0 rings (SSSR count). The van der Waals surface area contributed by atoms with Crippen molar-refractivity contribution in [2.24, 2.45) is 0 Å². The number of ether oxygens (including phenoxy) is 1. The number of carbonyl (C=O) groups excluding carboxylic acids is 1. The van der Waals surface area contributed by atoms with Crippen molar-refractivity contribution in [3.8, 4) is 0 Å². The van der Waals surface area contributed by atoms with E-state index in [1.54, 1.807) is 0 Å². The highest BCUT2D eigenvalue weighted by Gasteiger charge is 2.91. The molecular formula is C9H4BrF13O2. The predicted molar refractivity (Wildman–Crippen MR) is 55.5 cm³/mol. The summed E-state index contributed by atoms with van der Waals surface area (Å²) in [5.41, 5.74) is 0. The lowest BCUT2D eigenvalue weighted by Crippen LogP contribution is -2.71. The molecule has 2 nitrogen and oxygen atoms in total. The molecule has 0 aromatic carbocycles. The van der Waals surface area contributed by atoms with Crippen molar-refractivity contribution >= 4 is 21.9 Å². The van der Waals surface area contributed by atoms with E-state index in [9.17, 15) is 61.9 Å². The van der Waals surface area contributed by atoms with Gasteiger partial charge in [-0.05, 0) is 0 Å². The molecule has 0 saturated heterocycles. The molecule has 0 radical (unpaired) electrons. The zero-order chi connectivity index (χ0) is 20.9. The first-order valence-corrected chi connectivity index (χ1v) is 6.23. The Balaban J connectivity index is 6.34. The van der Waals surface area contributed by atoms with Crippen LogP contribution in [0, 0.1) is 0 Å². The van der Waals surface area contributed by atoms with Gasteiger partial charge in [-0.15, -0.1) is 0 Å². The third-order valence-corrected chi connectivity index (χ3v) is 3.63. The fraction of sp³-hybridized carbons (Fsp3) is 0.889. The second-order valence-electron chi connectivity index (χ2n) is 4.30. The van der Waals surface area contributed by atoms with Crippen LogP contribution in [0.2, 0.25) is 0 Å². The number of methoxy groups -OCH3 is 1. The van der Waals surface area contributed by atoms with Crippen LogP contribution < -0.4 is 0 Å². The molecule has 0 N–H and O–H groups in total. The van der Waals surface area contributed by atoms with Gasteiger partial charge in [-0.3, -0.25) is 4.79 Å². The van der Waals surface area contributed by atoms with E-state index in [2.05, 4.69) is 4.74 Å². The number of hydrogen-bond donors (Lipinski definition) is 0. The van der Waals surface area contributed by atoms with E-state index in [1.165, 1.54) is 15.9 Å². The van der Waals surface area contributed by atoms with Gasteiger partial charge in [0.25, 0.3) is 0 Å².